The molecule has 2 rings (SSSR count). The Morgan fingerprint density at radius 1 is 1.00 bits per heavy atom. The summed E-state index contributed by atoms with van der Waals surface area (Å²) in [4.78, 5) is 4.10. The van der Waals surface area contributed by atoms with Crippen LogP contribution in [0, 0.1) is 6.92 Å². The molecule has 0 amide bonds. The number of hydrogen-bond acceptors (Lipinski definition) is 1. The number of benzene rings is 1. The number of rotatable bonds is 3. The van der Waals surface area contributed by atoms with Gasteiger partial charge in [0.15, 0.2) is 0 Å². The van der Waals surface area contributed by atoms with E-state index >= 15 is 0 Å². The molecule has 0 atom stereocenters. The maximum atomic E-state index is 4.10. The summed E-state index contributed by atoms with van der Waals surface area (Å²) in [5.41, 5.74) is 4.08. The highest BCUT2D eigenvalue weighted by Crippen LogP contribution is 2.09. The van der Waals surface area contributed by atoms with Crippen LogP contribution in [-0.4, -0.2) is 4.98 Å². The van der Waals surface area contributed by atoms with Crippen LogP contribution in [0.15, 0.2) is 48.8 Å². The first kappa shape index (κ1) is 9.91. The van der Waals surface area contributed by atoms with E-state index in [4.69, 9.17) is 0 Å². The predicted octanol–water partition coefficient (Wildman–Crippen LogP) is 3.18. The molecule has 1 aromatic heterocycles. The lowest BCUT2D eigenvalue weighted by molar-refractivity contribution is 0.942. The molecule has 0 saturated heterocycles. The minimum absolute atomic E-state index is 1.10. The van der Waals surface area contributed by atoms with Crippen molar-refractivity contribution in [2.24, 2.45) is 0 Å². The van der Waals surface area contributed by atoms with Gasteiger partial charge in [-0.2, -0.15) is 0 Å². The Kier molecular flexibility index (Phi) is 3.13. The van der Waals surface area contributed by atoms with Gasteiger partial charge in [-0.15, -0.1) is 0 Å². The standard InChI is InChI=1S/C14H15N/c1-12-11-15-10-9-14(12)8-7-13-5-3-2-4-6-13/h2-6,9-11H,7-8H2,1H3. The van der Waals surface area contributed by atoms with E-state index in [-0.39, 0.29) is 0 Å². The molecule has 0 unspecified atom stereocenters. The molecule has 1 heteroatoms. The van der Waals surface area contributed by atoms with Crippen molar-refractivity contribution in [2.75, 3.05) is 0 Å². The van der Waals surface area contributed by atoms with E-state index in [1.165, 1.54) is 16.7 Å². The van der Waals surface area contributed by atoms with Crippen molar-refractivity contribution in [3.63, 3.8) is 0 Å². The lowest BCUT2D eigenvalue weighted by Crippen LogP contribution is -1.94. The molecule has 0 saturated carbocycles. The molecule has 0 spiro atoms. The van der Waals surface area contributed by atoms with Gasteiger partial charge in [-0.05, 0) is 42.5 Å². The average molecular weight is 197 g/mol. The third-order valence-corrected chi connectivity index (χ3v) is 2.66. The molecule has 0 aliphatic heterocycles. The fourth-order valence-electron chi connectivity index (χ4n) is 1.71. The van der Waals surface area contributed by atoms with E-state index in [9.17, 15) is 0 Å². The molecule has 1 nitrogen and oxygen atoms in total. The topological polar surface area (TPSA) is 12.9 Å². The third kappa shape index (κ3) is 2.66. The molecule has 0 radical (unpaired) electrons. The summed E-state index contributed by atoms with van der Waals surface area (Å²) in [5.74, 6) is 0. The van der Waals surface area contributed by atoms with Crippen LogP contribution in [0.25, 0.3) is 0 Å². The smallest absolute Gasteiger partial charge is 0.0299 e. The Labute approximate surface area is 90.8 Å². The summed E-state index contributed by atoms with van der Waals surface area (Å²) in [7, 11) is 0. The van der Waals surface area contributed by atoms with Crippen LogP contribution in [0.3, 0.4) is 0 Å². The number of hydrogen-bond donors (Lipinski definition) is 0. The predicted molar refractivity (Wildman–Crippen MR) is 62.8 cm³/mol. The summed E-state index contributed by atoms with van der Waals surface area (Å²) < 4.78 is 0. The largest absolute Gasteiger partial charge is 0.264 e. The maximum Gasteiger partial charge on any atom is 0.0299 e. The molecule has 76 valence electrons. The molecule has 0 aliphatic carbocycles. The highest BCUT2D eigenvalue weighted by Gasteiger charge is 1.98. The molecule has 0 fully saturated rings. The van der Waals surface area contributed by atoms with Gasteiger partial charge in [-0.1, -0.05) is 30.3 Å². The molecular weight excluding hydrogens is 182 g/mol. The lowest BCUT2D eigenvalue weighted by Gasteiger charge is -2.04. The van der Waals surface area contributed by atoms with Crippen LogP contribution in [0.2, 0.25) is 0 Å². The van der Waals surface area contributed by atoms with E-state index in [0.717, 1.165) is 12.8 Å². The zero-order chi connectivity index (χ0) is 10.5. The van der Waals surface area contributed by atoms with Crippen LogP contribution >= 0.6 is 0 Å². The van der Waals surface area contributed by atoms with E-state index in [2.05, 4.69) is 48.3 Å². The third-order valence-electron chi connectivity index (χ3n) is 2.66. The van der Waals surface area contributed by atoms with Gasteiger partial charge in [0.1, 0.15) is 0 Å². The van der Waals surface area contributed by atoms with Crippen LogP contribution in [0.4, 0.5) is 0 Å². The van der Waals surface area contributed by atoms with Crippen LogP contribution in [0.1, 0.15) is 16.7 Å². The number of aryl methyl sites for hydroxylation is 3. The average Bonchev–Trinajstić information content (AvgIpc) is 2.29. The van der Waals surface area contributed by atoms with Gasteiger partial charge in [-0.25, -0.2) is 0 Å². The summed E-state index contributed by atoms with van der Waals surface area (Å²) in [6.07, 6.45) is 6.00. The Morgan fingerprint density at radius 2 is 1.80 bits per heavy atom. The van der Waals surface area contributed by atoms with E-state index in [1.54, 1.807) is 0 Å². The fraction of sp³-hybridized carbons (Fsp3) is 0.214. The summed E-state index contributed by atoms with van der Waals surface area (Å²) >= 11 is 0. The minimum atomic E-state index is 1.10. The highest BCUT2D eigenvalue weighted by molar-refractivity contribution is 5.24. The second kappa shape index (κ2) is 4.74. The summed E-state index contributed by atoms with van der Waals surface area (Å²) in [6.45, 7) is 2.12. The second-order valence-electron chi connectivity index (χ2n) is 3.79. The first-order chi connectivity index (χ1) is 7.36. The monoisotopic (exact) mass is 197 g/mol. The fourth-order valence-corrected chi connectivity index (χ4v) is 1.71. The van der Waals surface area contributed by atoms with Gasteiger partial charge in [0.2, 0.25) is 0 Å². The maximum absolute atomic E-state index is 4.10. The van der Waals surface area contributed by atoms with Gasteiger partial charge < -0.3 is 0 Å². The Bertz CT molecular complexity index is 420. The molecule has 0 N–H and O–H groups in total. The molecule has 0 bridgehead atoms. The van der Waals surface area contributed by atoms with Crippen LogP contribution in [0.5, 0.6) is 0 Å². The Hall–Kier alpha value is -1.63. The van der Waals surface area contributed by atoms with Gasteiger partial charge in [0, 0.05) is 12.4 Å². The van der Waals surface area contributed by atoms with Crippen molar-refractivity contribution < 1.29 is 0 Å². The quantitative estimate of drug-likeness (QED) is 0.736. The Balaban J connectivity index is 2.03. The summed E-state index contributed by atoms with van der Waals surface area (Å²) in [6, 6.07) is 12.7. The first-order valence-corrected chi connectivity index (χ1v) is 5.29. The van der Waals surface area contributed by atoms with E-state index in [1.807, 2.05) is 12.4 Å². The van der Waals surface area contributed by atoms with Gasteiger partial charge >= 0.3 is 0 Å². The van der Waals surface area contributed by atoms with Crippen LogP contribution in [-0.2, 0) is 12.8 Å². The normalized spacial score (nSPS) is 10.2. The number of aromatic nitrogens is 1. The minimum Gasteiger partial charge on any atom is -0.264 e. The van der Waals surface area contributed by atoms with Crippen molar-refractivity contribution >= 4 is 0 Å². The first-order valence-electron chi connectivity index (χ1n) is 5.29. The van der Waals surface area contributed by atoms with Gasteiger partial charge in [-0.3, -0.25) is 4.98 Å². The van der Waals surface area contributed by atoms with Crippen molar-refractivity contribution in [3.05, 3.63) is 65.5 Å². The molecule has 2 aromatic rings. The van der Waals surface area contributed by atoms with Crippen molar-refractivity contribution in [3.8, 4) is 0 Å². The molecular formula is C14H15N. The van der Waals surface area contributed by atoms with E-state index in [0.29, 0.717) is 0 Å². The molecule has 0 aliphatic rings. The number of nitrogens with zero attached hydrogens (tertiary/aromatic N) is 1. The van der Waals surface area contributed by atoms with Gasteiger partial charge in [0.05, 0.1) is 0 Å². The number of pyridine rings is 1. The highest BCUT2D eigenvalue weighted by atomic mass is 14.6. The van der Waals surface area contributed by atoms with Crippen molar-refractivity contribution in [1.82, 2.24) is 4.98 Å². The zero-order valence-electron chi connectivity index (χ0n) is 8.98. The molecule has 1 aromatic carbocycles. The van der Waals surface area contributed by atoms with Crippen molar-refractivity contribution in [2.45, 2.75) is 19.8 Å². The lowest BCUT2D eigenvalue weighted by atomic mass is 10.0. The second-order valence-corrected chi connectivity index (χ2v) is 3.79. The van der Waals surface area contributed by atoms with E-state index < -0.39 is 0 Å². The van der Waals surface area contributed by atoms with Crippen LogP contribution < -0.4 is 0 Å². The van der Waals surface area contributed by atoms with Crippen molar-refractivity contribution in [1.29, 1.82) is 0 Å². The molecule has 15 heavy (non-hydrogen) atoms. The SMILES string of the molecule is Cc1cnccc1CCc1ccccc1. The Morgan fingerprint density at radius 3 is 2.53 bits per heavy atom. The summed E-state index contributed by atoms with van der Waals surface area (Å²) in [5, 5.41) is 0. The molecule has 1 heterocycles. The zero-order valence-corrected chi connectivity index (χ0v) is 8.98. The van der Waals surface area contributed by atoms with Gasteiger partial charge in [0.25, 0.3) is 0 Å².